The van der Waals surface area contributed by atoms with Crippen LogP contribution in [0.5, 0.6) is 0 Å². The second kappa shape index (κ2) is 6.71. The van der Waals surface area contributed by atoms with E-state index in [1.54, 1.807) is 4.68 Å². The Morgan fingerprint density at radius 3 is 2.42 bits per heavy atom. The van der Waals surface area contributed by atoms with E-state index in [2.05, 4.69) is 37.1 Å². The van der Waals surface area contributed by atoms with Crippen LogP contribution in [-0.2, 0) is 16.1 Å². The number of methoxy groups -OCH3 is 1. The fraction of sp³-hybridized carbons (Fsp3) is 0.200. The molecule has 0 amide bonds. The number of aryl methyl sites for hydroxylation is 2. The number of rotatable bonds is 4. The molecule has 0 spiro atoms. The fourth-order valence-corrected chi connectivity index (χ4v) is 2.61. The first kappa shape index (κ1) is 16.0. The number of nitrogens with zero attached hydrogens (tertiary/aromatic N) is 2. The van der Waals surface area contributed by atoms with Crippen LogP contribution in [0.1, 0.15) is 11.1 Å². The van der Waals surface area contributed by atoms with Crippen LogP contribution < -0.4 is 0 Å². The van der Waals surface area contributed by atoms with Crippen molar-refractivity contribution >= 4 is 5.97 Å². The van der Waals surface area contributed by atoms with Gasteiger partial charge in [0.15, 0.2) is 0 Å². The van der Waals surface area contributed by atoms with Crippen LogP contribution in [0.15, 0.2) is 54.6 Å². The Labute approximate surface area is 141 Å². The number of esters is 1. The van der Waals surface area contributed by atoms with E-state index in [1.807, 2.05) is 36.4 Å². The first-order valence-electron chi connectivity index (χ1n) is 7.86. The maximum Gasteiger partial charge on any atom is 0.327 e. The number of ether oxygens (including phenoxy) is 1. The van der Waals surface area contributed by atoms with E-state index >= 15 is 0 Å². The molecule has 0 fully saturated rings. The van der Waals surface area contributed by atoms with Gasteiger partial charge in [0, 0.05) is 5.56 Å². The highest BCUT2D eigenvalue weighted by molar-refractivity contribution is 5.73. The lowest BCUT2D eigenvalue weighted by atomic mass is 10.0. The molecule has 1 heterocycles. The standard InChI is InChI=1S/C20H20N2O2/c1-14-9-10-17(11-15(14)2)18-12-19(16-7-5-4-6-8-16)22(21-18)13-20(23)24-3/h4-12H,13H2,1-3H3. The molecule has 0 saturated carbocycles. The van der Waals surface area contributed by atoms with Gasteiger partial charge in [-0.2, -0.15) is 5.10 Å². The summed E-state index contributed by atoms with van der Waals surface area (Å²) in [4.78, 5) is 11.7. The predicted octanol–water partition coefficient (Wildman–Crippen LogP) is 4.01. The molecule has 122 valence electrons. The van der Waals surface area contributed by atoms with Gasteiger partial charge in [-0.3, -0.25) is 9.48 Å². The molecule has 0 radical (unpaired) electrons. The molecule has 0 aliphatic heterocycles. The molecule has 0 aliphatic rings. The Bertz CT molecular complexity index is 867. The van der Waals surface area contributed by atoms with Gasteiger partial charge in [-0.05, 0) is 42.7 Å². The lowest BCUT2D eigenvalue weighted by molar-refractivity contribution is -0.141. The van der Waals surface area contributed by atoms with Gasteiger partial charge in [0.25, 0.3) is 0 Å². The van der Waals surface area contributed by atoms with Gasteiger partial charge in [-0.15, -0.1) is 0 Å². The first-order chi connectivity index (χ1) is 11.6. The fourth-order valence-electron chi connectivity index (χ4n) is 2.61. The number of carbonyl (C=O) groups excluding carboxylic acids is 1. The zero-order valence-corrected chi connectivity index (χ0v) is 14.1. The lowest BCUT2D eigenvalue weighted by Gasteiger charge is -2.06. The molecule has 2 aromatic carbocycles. The van der Waals surface area contributed by atoms with Crippen LogP contribution in [0, 0.1) is 13.8 Å². The van der Waals surface area contributed by atoms with Crippen molar-refractivity contribution in [3.8, 4) is 22.5 Å². The molecule has 4 heteroatoms. The third-order valence-corrected chi connectivity index (χ3v) is 4.16. The van der Waals surface area contributed by atoms with E-state index in [4.69, 9.17) is 4.74 Å². The molecule has 24 heavy (non-hydrogen) atoms. The largest absolute Gasteiger partial charge is 0.468 e. The molecule has 0 unspecified atom stereocenters. The maximum absolute atomic E-state index is 11.7. The minimum absolute atomic E-state index is 0.0889. The van der Waals surface area contributed by atoms with Crippen molar-refractivity contribution < 1.29 is 9.53 Å². The molecule has 0 saturated heterocycles. The van der Waals surface area contributed by atoms with Crippen molar-refractivity contribution in [2.24, 2.45) is 0 Å². The highest BCUT2D eigenvalue weighted by atomic mass is 16.5. The normalized spacial score (nSPS) is 10.6. The van der Waals surface area contributed by atoms with Gasteiger partial charge < -0.3 is 4.74 Å². The van der Waals surface area contributed by atoms with Gasteiger partial charge in [0.2, 0.25) is 0 Å². The third-order valence-electron chi connectivity index (χ3n) is 4.16. The van der Waals surface area contributed by atoms with Gasteiger partial charge in [0.05, 0.1) is 18.5 Å². The first-order valence-corrected chi connectivity index (χ1v) is 7.86. The van der Waals surface area contributed by atoms with E-state index in [9.17, 15) is 4.79 Å². The average molecular weight is 320 g/mol. The second-order valence-electron chi connectivity index (χ2n) is 5.81. The summed E-state index contributed by atoms with van der Waals surface area (Å²) in [7, 11) is 1.39. The molecule has 0 atom stereocenters. The molecule has 3 rings (SSSR count). The Morgan fingerprint density at radius 2 is 1.75 bits per heavy atom. The molecular formula is C20H20N2O2. The van der Waals surface area contributed by atoms with Gasteiger partial charge in [-0.1, -0.05) is 42.5 Å². The van der Waals surface area contributed by atoms with Crippen LogP contribution >= 0.6 is 0 Å². The van der Waals surface area contributed by atoms with E-state index in [-0.39, 0.29) is 12.5 Å². The Balaban J connectivity index is 2.08. The van der Waals surface area contributed by atoms with Crippen LogP contribution in [0.4, 0.5) is 0 Å². The average Bonchev–Trinajstić information content (AvgIpc) is 3.01. The predicted molar refractivity (Wildman–Crippen MR) is 94.6 cm³/mol. The van der Waals surface area contributed by atoms with Gasteiger partial charge in [-0.25, -0.2) is 0 Å². The minimum Gasteiger partial charge on any atom is -0.468 e. The summed E-state index contributed by atoms with van der Waals surface area (Å²) in [6.45, 7) is 4.26. The molecule has 4 nitrogen and oxygen atoms in total. The highest BCUT2D eigenvalue weighted by Gasteiger charge is 2.14. The Morgan fingerprint density at radius 1 is 1.00 bits per heavy atom. The zero-order valence-electron chi connectivity index (χ0n) is 14.1. The van der Waals surface area contributed by atoms with E-state index in [0.29, 0.717) is 0 Å². The van der Waals surface area contributed by atoms with Crippen molar-refractivity contribution in [3.05, 3.63) is 65.7 Å². The number of benzene rings is 2. The Kier molecular flexibility index (Phi) is 4.47. The lowest BCUT2D eigenvalue weighted by Crippen LogP contribution is -2.13. The van der Waals surface area contributed by atoms with E-state index < -0.39 is 0 Å². The molecule has 0 bridgehead atoms. The van der Waals surface area contributed by atoms with Crippen molar-refractivity contribution in [3.63, 3.8) is 0 Å². The van der Waals surface area contributed by atoms with E-state index in [0.717, 1.165) is 22.5 Å². The SMILES string of the molecule is COC(=O)Cn1nc(-c2ccc(C)c(C)c2)cc1-c1ccccc1. The zero-order chi connectivity index (χ0) is 17.1. The summed E-state index contributed by atoms with van der Waals surface area (Å²) in [6.07, 6.45) is 0. The summed E-state index contributed by atoms with van der Waals surface area (Å²) in [5, 5.41) is 4.63. The quantitative estimate of drug-likeness (QED) is 0.682. The molecule has 0 N–H and O–H groups in total. The Hall–Kier alpha value is -2.88. The topological polar surface area (TPSA) is 44.1 Å². The number of hydrogen-bond acceptors (Lipinski definition) is 3. The van der Waals surface area contributed by atoms with Crippen LogP contribution in [-0.4, -0.2) is 22.9 Å². The highest BCUT2D eigenvalue weighted by Crippen LogP contribution is 2.27. The van der Waals surface area contributed by atoms with Crippen LogP contribution in [0.25, 0.3) is 22.5 Å². The molecule has 3 aromatic rings. The van der Waals surface area contributed by atoms with Crippen LogP contribution in [0.3, 0.4) is 0 Å². The summed E-state index contributed by atoms with van der Waals surface area (Å²) in [6, 6.07) is 18.2. The molecule has 1 aromatic heterocycles. The minimum atomic E-state index is -0.318. The third kappa shape index (κ3) is 3.23. The van der Waals surface area contributed by atoms with Gasteiger partial charge >= 0.3 is 5.97 Å². The molecule has 0 aliphatic carbocycles. The smallest absolute Gasteiger partial charge is 0.327 e. The van der Waals surface area contributed by atoms with E-state index in [1.165, 1.54) is 18.2 Å². The van der Waals surface area contributed by atoms with Gasteiger partial charge in [0.1, 0.15) is 6.54 Å². The van der Waals surface area contributed by atoms with Crippen molar-refractivity contribution in [1.82, 2.24) is 9.78 Å². The molecular weight excluding hydrogens is 300 g/mol. The summed E-state index contributed by atoms with van der Waals surface area (Å²) < 4.78 is 6.50. The van der Waals surface area contributed by atoms with Crippen molar-refractivity contribution in [2.75, 3.05) is 7.11 Å². The number of aromatic nitrogens is 2. The summed E-state index contributed by atoms with van der Waals surface area (Å²) >= 11 is 0. The van der Waals surface area contributed by atoms with Crippen molar-refractivity contribution in [1.29, 1.82) is 0 Å². The van der Waals surface area contributed by atoms with Crippen LogP contribution in [0.2, 0.25) is 0 Å². The van der Waals surface area contributed by atoms with Crippen molar-refractivity contribution in [2.45, 2.75) is 20.4 Å². The number of carbonyl (C=O) groups is 1. The second-order valence-corrected chi connectivity index (χ2v) is 5.81. The maximum atomic E-state index is 11.7. The summed E-state index contributed by atoms with van der Waals surface area (Å²) in [5.41, 5.74) is 6.27. The summed E-state index contributed by atoms with van der Waals surface area (Å²) in [5.74, 6) is -0.318. The monoisotopic (exact) mass is 320 g/mol. The number of hydrogen-bond donors (Lipinski definition) is 0.